The van der Waals surface area contributed by atoms with E-state index < -0.39 is 5.97 Å². The van der Waals surface area contributed by atoms with E-state index in [1.54, 1.807) is 0 Å². The minimum Gasteiger partial charge on any atom is -0.481 e. The molecule has 2 aliphatic rings. The highest BCUT2D eigenvalue weighted by Crippen LogP contribution is 2.29. The van der Waals surface area contributed by atoms with E-state index in [0.29, 0.717) is 35.8 Å². The van der Waals surface area contributed by atoms with Crippen LogP contribution in [-0.4, -0.2) is 63.5 Å². The van der Waals surface area contributed by atoms with Crippen LogP contribution in [0.5, 0.6) is 0 Å². The highest BCUT2D eigenvalue weighted by atomic mass is 16.4. The van der Waals surface area contributed by atoms with Crippen molar-refractivity contribution in [3.05, 3.63) is 52.2 Å². The van der Waals surface area contributed by atoms with Gasteiger partial charge in [-0.2, -0.15) is 10.1 Å². The summed E-state index contributed by atoms with van der Waals surface area (Å²) in [7, 11) is 0. The lowest BCUT2D eigenvalue weighted by molar-refractivity contribution is -0.138. The SMILES string of the molecule is [C-]#[N+]C1CCN(c2nc(Nc3ccc(N4CCC(CC(=O)O)CC4)cc3)c3c(=O)[nH]ncc3n2)CC1. The number of carboxylic acid groups (broad SMARTS) is 1. The first kappa shape index (κ1) is 23.5. The molecule has 0 aliphatic carbocycles. The predicted octanol–water partition coefficient (Wildman–Crippen LogP) is 3.04. The molecule has 36 heavy (non-hydrogen) atoms. The molecule has 11 heteroatoms. The lowest BCUT2D eigenvalue weighted by atomic mass is 9.93. The molecule has 5 rings (SSSR count). The molecule has 3 aromatic rings. The van der Waals surface area contributed by atoms with Gasteiger partial charge in [0.25, 0.3) is 5.56 Å². The molecule has 0 saturated carbocycles. The van der Waals surface area contributed by atoms with E-state index in [9.17, 15) is 9.59 Å². The van der Waals surface area contributed by atoms with Crippen molar-refractivity contribution in [2.24, 2.45) is 5.92 Å². The summed E-state index contributed by atoms with van der Waals surface area (Å²) in [6, 6.07) is 7.97. The van der Waals surface area contributed by atoms with Gasteiger partial charge in [-0.1, -0.05) is 0 Å². The van der Waals surface area contributed by atoms with Crippen molar-refractivity contribution in [1.82, 2.24) is 20.2 Å². The van der Waals surface area contributed by atoms with Crippen LogP contribution < -0.4 is 20.7 Å². The van der Waals surface area contributed by atoms with Gasteiger partial charge in [-0.05, 0) is 43.0 Å². The molecule has 186 valence electrons. The fourth-order valence-corrected chi connectivity index (χ4v) is 4.95. The Morgan fingerprint density at radius 2 is 1.78 bits per heavy atom. The molecule has 1 aromatic carbocycles. The molecule has 3 N–H and O–H groups in total. The van der Waals surface area contributed by atoms with Crippen LogP contribution in [0.1, 0.15) is 32.1 Å². The third-order valence-electron chi connectivity index (χ3n) is 7.01. The maximum absolute atomic E-state index is 12.6. The van der Waals surface area contributed by atoms with E-state index >= 15 is 0 Å². The molecule has 2 saturated heterocycles. The van der Waals surface area contributed by atoms with Gasteiger partial charge < -0.3 is 25.1 Å². The van der Waals surface area contributed by atoms with E-state index in [2.05, 4.69) is 30.2 Å². The van der Waals surface area contributed by atoms with Gasteiger partial charge in [0.1, 0.15) is 16.7 Å². The fourth-order valence-electron chi connectivity index (χ4n) is 4.95. The molecule has 0 spiro atoms. The third-order valence-corrected chi connectivity index (χ3v) is 7.01. The van der Waals surface area contributed by atoms with Gasteiger partial charge in [-0.15, -0.1) is 0 Å². The van der Waals surface area contributed by atoms with Crippen LogP contribution in [0.4, 0.5) is 23.1 Å². The first-order chi connectivity index (χ1) is 17.5. The number of aliphatic carboxylic acids is 1. The molecular weight excluding hydrogens is 460 g/mol. The summed E-state index contributed by atoms with van der Waals surface area (Å²) in [6.07, 6.45) is 5.01. The molecular formula is C25H28N8O3. The second kappa shape index (κ2) is 10.2. The number of hydrogen-bond donors (Lipinski definition) is 3. The van der Waals surface area contributed by atoms with Crippen LogP contribution in [-0.2, 0) is 4.79 Å². The van der Waals surface area contributed by atoms with Gasteiger partial charge in [0.15, 0.2) is 0 Å². The zero-order valence-corrected chi connectivity index (χ0v) is 19.9. The van der Waals surface area contributed by atoms with Crippen molar-refractivity contribution in [3.8, 4) is 0 Å². The summed E-state index contributed by atoms with van der Waals surface area (Å²) in [5.41, 5.74) is 1.95. The van der Waals surface area contributed by atoms with Crippen LogP contribution in [0, 0.1) is 12.5 Å². The van der Waals surface area contributed by atoms with Gasteiger partial charge in [0.2, 0.25) is 12.0 Å². The Bertz CT molecular complexity index is 1330. The molecule has 0 atom stereocenters. The lowest BCUT2D eigenvalue weighted by Gasteiger charge is -2.33. The largest absolute Gasteiger partial charge is 0.481 e. The van der Waals surface area contributed by atoms with E-state index in [0.717, 1.165) is 50.1 Å². The highest BCUT2D eigenvalue weighted by molar-refractivity contribution is 5.90. The normalized spacial score (nSPS) is 17.2. The van der Waals surface area contributed by atoms with E-state index in [1.807, 2.05) is 29.2 Å². The number of anilines is 4. The average Bonchev–Trinajstić information content (AvgIpc) is 2.89. The Morgan fingerprint density at radius 1 is 1.08 bits per heavy atom. The second-order valence-corrected chi connectivity index (χ2v) is 9.38. The summed E-state index contributed by atoms with van der Waals surface area (Å²) in [5, 5.41) is 19.0. The van der Waals surface area contributed by atoms with Crippen LogP contribution in [0.15, 0.2) is 35.3 Å². The van der Waals surface area contributed by atoms with Crippen LogP contribution in [0.3, 0.4) is 0 Å². The molecule has 0 radical (unpaired) electrons. The number of benzene rings is 1. The zero-order valence-electron chi connectivity index (χ0n) is 19.9. The van der Waals surface area contributed by atoms with Gasteiger partial charge in [0, 0.05) is 56.8 Å². The van der Waals surface area contributed by atoms with Crippen molar-refractivity contribution in [3.63, 3.8) is 0 Å². The number of rotatable bonds is 6. The van der Waals surface area contributed by atoms with Gasteiger partial charge in [-0.3, -0.25) is 9.59 Å². The molecule has 4 heterocycles. The Hall–Kier alpha value is -4.20. The number of nitrogens with one attached hydrogen (secondary N) is 2. The number of nitrogens with zero attached hydrogens (tertiary/aromatic N) is 6. The third kappa shape index (κ3) is 5.07. The summed E-state index contributed by atoms with van der Waals surface area (Å²) >= 11 is 0. The van der Waals surface area contributed by atoms with E-state index in [4.69, 9.17) is 16.7 Å². The van der Waals surface area contributed by atoms with Gasteiger partial charge >= 0.3 is 5.97 Å². The molecule has 0 bridgehead atoms. The number of hydrogen-bond acceptors (Lipinski definition) is 8. The molecule has 2 fully saturated rings. The number of fused-ring (bicyclic) bond motifs is 1. The molecule has 0 amide bonds. The second-order valence-electron chi connectivity index (χ2n) is 9.38. The summed E-state index contributed by atoms with van der Waals surface area (Å²) in [6.45, 7) is 10.3. The maximum atomic E-state index is 12.6. The maximum Gasteiger partial charge on any atom is 0.303 e. The lowest BCUT2D eigenvalue weighted by Crippen LogP contribution is -2.36. The Morgan fingerprint density at radius 3 is 2.44 bits per heavy atom. The fraction of sp³-hybridized carbons (Fsp3) is 0.440. The Balaban J connectivity index is 1.35. The average molecular weight is 489 g/mol. The van der Waals surface area contributed by atoms with Crippen LogP contribution in [0.2, 0.25) is 0 Å². The molecule has 2 aromatic heterocycles. The quantitative estimate of drug-likeness (QED) is 0.448. The first-order valence-electron chi connectivity index (χ1n) is 12.2. The van der Waals surface area contributed by atoms with Crippen LogP contribution >= 0.6 is 0 Å². The smallest absolute Gasteiger partial charge is 0.303 e. The summed E-state index contributed by atoms with van der Waals surface area (Å²) in [4.78, 5) is 40.8. The topological polar surface area (TPSA) is 132 Å². The Kier molecular flexibility index (Phi) is 6.66. The number of piperidine rings is 2. The highest BCUT2D eigenvalue weighted by Gasteiger charge is 2.25. The molecule has 0 unspecified atom stereocenters. The standard InChI is InChI=1S/C25H28N8O3/c1-26-17-8-12-33(13-9-17)25-29-20-15-27-31-24(36)22(20)23(30-25)28-18-2-4-19(5-3-18)32-10-6-16(7-11-32)14-21(34)35/h2-5,15-17H,6-14H2,(H,31,36)(H,34,35)(H,28,29,30). The summed E-state index contributed by atoms with van der Waals surface area (Å²) < 4.78 is 0. The minimum atomic E-state index is -0.730. The van der Waals surface area contributed by atoms with Crippen molar-refractivity contribution < 1.29 is 9.90 Å². The minimum absolute atomic E-state index is 0.0327. The number of carbonyl (C=O) groups is 1. The van der Waals surface area contributed by atoms with Gasteiger partial charge in [-0.25, -0.2) is 16.7 Å². The monoisotopic (exact) mass is 488 g/mol. The summed E-state index contributed by atoms with van der Waals surface area (Å²) in [5.74, 6) is 0.432. The number of carboxylic acids is 1. The zero-order chi connectivity index (χ0) is 25.1. The van der Waals surface area contributed by atoms with Crippen molar-refractivity contribution >= 4 is 40.0 Å². The first-order valence-corrected chi connectivity index (χ1v) is 12.2. The Labute approximate surface area is 208 Å². The van der Waals surface area contributed by atoms with E-state index in [1.165, 1.54) is 6.20 Å². The van der Waals surface area contributed by atoms with Crippen molar-refractivity contribution in [2.45, 2.75) is 38.1 Å². The van der Waals surface area contributed by atoms with E-state index in [-0.39, 0.29) is 23.9 Å². The van der Waals surface area contributed by atoms with Gasteiger partial charge in [0.05, 0.1) is 6.20 Å². The van der Waals surface area contributed by atoms with Crippen molar-refractivity contribution in [1.29, 1.82) is 0 Å². The number of aromatic nitrogens is 4. The van der Waals surface area contributed by atoms with Crippen LogP contribution in [0.25, 0.3) is 15.7 Å². The predicted molar refractivity (Wildman–Crippen MR) is 137 cm³/mol. The molecule has 2 aliphatic heterocycles. The number of H-pyrrole nitrogens is 1. The van der Waals surface area contributed by atoms with Crippen molar-refractivity contribution in [2.75, 3.05) is 41.3 Å². The molecule has 11 nitrogen and oxygen atoms in total. The number of aromatic amines is 1.